The average Bonchev–Trinajstić information content (AvgIpc) is 2.42. The lowest BCUT2D eigenvalue weighted by molar-refractivity contribution is -0.128. The molecule has 0 aliphatic heterocycles. The first kappa shape index (κ1) is 17.2. The number of hydrogen-bond donors (Lipinski definition) is 1. The highest BCUT2D eigenvalue weighted by atomic mass is 16.2. The molecule has 0 fully saturated rings. The lowest BCUT2D eigenvalue weighted by Gasteiger charge is -2.25. The predicted octanol–water partition coefficient (Wildman–Crippen LogP) is 2.76. The quantitative estimate of drug-likeness (QED) is 0.906. The number of benzene rings is 1. The number of carbonyl (C=O) groups is 2. The topological polar surface area (TPSA) is 49.4 Å². The molecule has 1 aromatic rings. The third kappa shape index (κ3) is 4.88. The van der Waals surface area contributed by atoms with Crippen LogP contribution in [0.2, 0.25) is 0 Å². The summed E-state index contributed by atoms with van der Waals surface area (Å²) in [5.74, 6) is -0.0179. The van der Waals surface area contributed by atoms with Crippen molar-refractivity contribution in [3.8, 4) is 0 Å². The fourth-order valence-corrected chi connectivity index (χ4v) is 2.07. The van der Waals surface area contributed by atoms with Crippen molar-refractivity contribution in [3.05, 3.63) is 29.8 Å². The van der Waals surface area contributed by atoms with Crippen molar-refractivity contribution in [1.82, 2.24) is 5.32 Å². The van der Waals surface area contributed by atoms with Crippen LogP contribution >= 0.6 is 0 Å². The number of nitrogens with one attached hydrogen (secondary N) is 1. The van der Waals surface area contributed by atoms with Crippen molar-refractivity contribution in [3.63, 3.8) is 0 Å². The first-order valence-corrected chi connectivity index (χ1v) is 7.41. The minimum atomic E-state index is -0.414. The normalized spacial score (nSPS) is 11.1. The van der Waals surface area contributed by atoms with E-state index in [0.717, 1.165) is 17.7 Å². The van der Waals surface area contributed by atoms with E-state index in [1.165, 1.54) is 0 Å². The van der Waals surface area contributed by atoms with Crippen LogP contribution < -0.4 is 10.2 Å². The third-order valence-electron chi connectivity index (χ3n) is 3.35. The van der Waals surface area contributed by atoms with Crippen LogP contribution in [0, 0.1) is 5.41 Å². The van der Waals surface area contributed by atoms with Gasteiger partial charge in [-0.1, -0.05) is 45.9 Å². The molecule has 1 rings (SSSR count). The Bertz CT molecular complexity index is 504. The van der Waals surface area contributed by atoms with E-state index >= 15 is 0 Å². The van der Waals surface area contributed by atoms with Gasteiger partial charge in [0.05, 0.1) is 0 Å². The van der Waals surface area contributed by atoms with Gasteiger partial charge >= 0.3 is 0 Å². The van der Waals surface area contributed by atoms with E-state index in [1.807, 2.05) is 45.0 Å². The molecular formula is C17H26N2O2. The molecule has 0 aliphatic carbocycles. The number of para-hydroxylation sites is 1. The van der Waals surface area contributed by atoms with Crippen LogP contribution in [-0.4, -0.2) is 24.9 Å². The van der Waals surface area contributed by atoms with Gasteiger partial charge in [-0.25, -0.2) is 0 Å². The molecule has 4 nitrogen and oxygen atoms in total. The molecule has 116 valence electrons. The van der Waals surface area contributed by atoms with Crippen LogP contribution in [-0.2, 0) is 16.0 Å². The number of aryl methyl sites for hydroxylation is 1. The molecule has 1 N–H and O–H groups in total. The van der Waals surface area contributed by atoms with E-state index in [1.54, 1.807) is 11.8 Å². The summed E-state index contributed by atoms with van der Waals surface area (Å²) in [6.07, 6.45) is 0.869. The molecule has 0 spiro atoms. The number of rotatable bonds is 5. The van der Waals surface area contributed by atoms with E-state index in [9.17, 15) is 9.59 Å². The zero-order valence-corrected chi connectivity index (χ0v) is 13.7. The molecule has 0 heterocycles. The summed E-state index contributed by atoms with van der Waals surface area (Å²) in [5, 5.41) is 2.88. The number of amides is 2. The summed E-state index contributed by atoms with van der Waals surface area (Å²) in [4.78, 5) is 25.5. The van der Waals surface area contributed by atoms with Crippen LogP contribution in [0.5, 0.6) is 0 Å². The second-order valence-electron chi connectivity index (χ2n) is 6.16. The first-order valence-electron chi connectivity index (χ1n) is 7.41. The van der Waals surface area contributed by atoms with E-state index in [2.05, 4.69) is 12.2 Å². The Labute approximate surface area is 127 Å². The molecule has 0 saturated heterocycles. The van der Waals surface area contributed by atoms with Crippen molar-refractivity contribution in [2.24, 2.45) is 5.41 Å². The van der Waals surface area contributed by atoms with Gasteiger partial charge in [0.1, 0.15) is 0 Å². The van der Waals surface area contributed by atoms with Crippen molar-refractivity contribution in [2.45, 2.75) is 41.0 Å². The van der Waals surface area contributed by atoms with Crippen LogP contribution in [0.25, 0.3) is 0 Å². The number of hydrogen-bond acceptors (Lipinski definition) is 2. The average molecular weight is 290 g/mol. The molecule has 0 aliphatic rings. The standard InChI is InChI=1S/C17H26N2O2/c1-6-14-9-7-8-10-15(14)19(13(2)20)12-11-18-16(21)17(3,4)5/h7-10H,6,11-12H2,1-5H3,(H,18,21). The Morgan fingerprint density at radius 2 is 1.81 bits per heavy atom. The minimum absolute atomic E-state index is 0.00483. The van der Waals surface area contributed by atoms with Crippen LogP contribution in [0.1, 0.15) is 40.2 Å². The fraction of sp³-hybridized carbons (Fsp3) is 0.529. The van der Waals surface area contributed by atoms with Gasteiger partial charge in [0, 0.05) is 31.1 Å². The van der Waals surface area contributed by atoms with E-state index < -0.39 is 5.41 Å². The summed E-state index contributed by atoms with van der Waals surface area (Å²) in [6.45, 7) is 10.2. The number of carbonyl (C=O) groups excluding carboxylic acids is 2. The van der Waals surface area contributed by atoms with Crippen molar-refractivity contribution in [2.75, 3.05) is 18.0 Å². The van der Waals surface area contributed by atoms with Gasteiger partial charge in [-0.2, -0.15) is 0 Å². The summed E-state index contributed by atoms with van der Waals surface area (Å²) in [7, 11) is 0. The van der Waals surface area contributed by atoms with Gasteiger partial charge in [-0.15, -0.1) is 0 Å². The summed E-state index contributed by atoms with van der Waals surface area (Å²) >= 11 is 0. The Kier molecular flexibility index (Phi) is 5.94. The van der Waals surface area contributed by atoms with Crippen LogP contribution in [0.4, 0.5) is 5.69 Å². The third-order valence-corrected chi connectivity index (χ3v) is 3.35. The largest absolute Gasteiger partial charge is 0.354 e. The highest BCUT2D eigenvalue weighted by molar-refractivity contribution is 5.92. The van der Waals surface area contributed by atoms with Gasteiger partial charge in [0.25, 0.3) is 0 Å². The van der Waals surface area contributed by atoms with Gasteiger partial charge in [-0.3, -0.25) is 9.59 Å². The van der Waals surface area contributed by atoms with Crippen molar-refractivity contribution >= 4 is 17.5 Å². The molecule has 0 saturated carbocycles. The highest BCUT2D eigenvalue weighted by Gasteiger charge is 2.21. The zero-order chi connectivity index (χ0) is 16.0. The molecule has 21 heavy (non-hydrogen) atoms. The fourth-order valence-electron chi connectivity index (χ4n) is 2.07. The minimum Gasteiger partial charge on any atom is -0.354 e. The maximum atomic E-state index is 11.9. The summed E-state index contributed by atoms with van der Waals surface area (Å²) in [6, 6.07) is 7.88. The lowest BCUT2D eigenvalue weighted by atomic mass is 9.96. The SMILES string of the molecule is CCc1ccccc1N(CCNC(=O)C(C)(C)C)C(C)=O. The summed E-state index contributed by atoms with van der Waals surface area (Å²) in [5.41, 5.74) is 1.65. The predicted molar refractivity (Wildman–Crippen MR) is 86.3 cm³/mol. The van der Waals surface area contributed by atoms with Gasteiger partial charge in [-0.05, 0) is 18.1 Å². The molecule has 0 atom stereocenters. The maximum Gasteiger partial charge on any atom is 0.225 e. The second kappa shape index (κ2) is 7.25. The van der Waals surface area contributed by atoms with E-state index in [-0.39, 0.29) is 11.8 Å². The van der Waals surface area contributed by atoms with Gasteiger partial charge < -0.3 is 10.2 Å². The van der Waals surface area contributed by atoms with Gasteiger partial charge in [0.2, 0.25) is 11.8 Å². The molecule has 2 amide bonds. The van der Waals surface area contributed by atoms with Crippen molar-refractivity contribution < 1.29 is 9.59 Å². The first-order chi connectivity index (χ1) is 9.77. The number of nitrogens with zero attached hydrogens (tertiary/aromatic N) is 1. The zero-order valence-electron chi connectivity index (χ0n) is 13.7. The molecule has 0 aromatic heterocycles. The lowest BCUT2D eigenvalue weighted by Crippen LogP contribution is -2.41. The Balaban J connectivity index is 2.76. The summed E-state index contributed by atoms with van der Waals surface area (Å²) < 4.78 is 0. The second-order valence-corrected chi connectivity index (χ2v) is 6.16. The molecule has 4 heteroatoms. The van der Waals surface area contributed by atoms with E-state index in [4.69, 9.17) is 0 Å². The molecular weight excluding hydrogens is 264 g/mol. The Hall–Kier alpha value is -1.84. The molecule has 0 radical (unpaired) electrons. The number of anilines is 1. The smallest absolute Gasteiger partial charge is 0.225 e. The molecule has 1 aromatic carbocycles. The van der Waals surface area contributed by atoms with Crippen LogP contribution in [0.15, 0.2) is 24.3 Å². The molecule has 0 bridgehead atoms. The Morgan fingerprint density at radius 3 is 2.33 bits per heavy atom. The van der Waals surface area contributed by atoms with Gasteiger partial charge in [0.15, 0.2) is 0 Å². The molecule has 0 unspecified atom stereocenters. The maximum absolute atomic E-state index is 11.9. The monoisotopic (exact) mass is 290 g/mol. The van der Waals surface area contributed by atoms with Crippen LogP contribution in [0.3, 0.4) is 0 Å². The van der Waals surface area contributed by atoms with Crippen molar-refractivity contribution in [1.29, 1.82) is 0 Å². The Morgan fingerprint density at radius 1 is 1.19 bits per heavy atom. The highest BCUT2D eigenvalue weighted by Crippen LogP contribution is 2.21. The van der Waals surface area contributed by atoms with E-state index in [0.29, 0.717) is 13.1 Å².